The molecule has 0 aliphatic carbocycles. The summed E-state index contributed by atoms with van der Waals surface area (Å²) >= 11 is 0. The molecular weight excluding hydrogens is 538 g/mol. The number of nitrogens with one attached hydrogen (secondary N) is 1. The summed E-state index contributed by atoms with van der Waals surface area (Å²) in [6, 6.07) is 14.2. The summed E-state index contributed by atoms with van der Waals surface area (Å²) in [6.07, 6.45) is 3.00. The first-order valence-electron chi connectivity index (χ1n) is 13.7. The normalized spacial score (nSPS) is 11.5. The molecule has 10 nitrogen and oxygen atoms in total. The standard InChI is InChI=1S/C17H18N2O3.C15H23NO4/c1-11-16(19-9-5-4-6-15(19)18-11)17(20)13-10-12(21-2)7-8-14(13)22-3;1-10(2)6-5-9-16-15(18)11-7-8-12(19-3)14(20-4)13(11)17/h4-10,17,20H,1-3H3;7-8,10,17H,5-6,9H2,1-4H3,(H,16,18). The first-order chi connectivity index (χ1) is 20.2. The molecule has 1 atom stereocenters. The van der Waals surface area contributed by atoms with Gasteiger partial charge in [-0.05, 0) is 68.1 Å². The fourth-order valence-corrected chi connectivity index (χ4v) is 4.56. The third-order valence-electron chi connectivity index (χ3n) is 6.75. The number of aliphatic hydroxyl groups excluding tert-OH is 1. The average Bonchev–Trinajstić information content (AvgIpc) is 3.33. The second kappa shape index (κ2) is 15.0. The number of imidazole rings is 1. The molecular formula is C32H41N3O7. The second-order valence-corrected chi connectivity index (χ2v) is 10.0. The van der Waals surface area contributed by atoms with Gasteiger partial charge in [0.15, 0.2) is 11.5 Å². The second-order valence-electron chi connectivity index (χ2n) is 10.0. The Morgan fingerprint density at radius 3 is 2.33 bits per heavy atom. The maximum atomic E-state index is 12.0. The highest BCUT2D eigenvalue weighted by molar-refractivity contribution is 5.98. The summed E-state index contributed by atoms with van der Waals surface area (Å²) < 4.78 is 22.6. The molecule has 2 aromatic heterocycles. The molecule has 2 aromatic carbocycles. The molecule has 2 heterocycles. The van der Waals surface area contributed by atoms with Crippen molar-refractivity contribution in [3.63, 3.8) is 0 Å². The number of aliphatic hydroxyl groups is 1. The Morgan fingerprint density at radius 1 is 0.976 bits per heavy atom. The van der Waals surface area contributed by atoms with E-state index in [0.29, 0.717) is 35.3 Å². The maximum Gasteiger partial charge on any atom is 0.255 e. The van der Waals surface area contributed by atoms with Gasteiger partial charge in [-0.15, -0.1) is 0 Å². The Bertz CT molecular complexity index is 1480. The highest BCUT2D eigenvalue weighted by Gasteiger charge is 2.23. The highest BCUT2D eigenvalue weighted by atomic mass is 16.5. The van der Waals surface area contributed by atoms with Crippen molar-refractivity contribution in [1.82, 2.24) is 14.7 Å². The van der Waals surface area contributed by atoms with E-state index in [-0.39, 0.29) is 23.0 Å². The topological polar surface area (TPSA) is 124 Å². The summed E-state index contributed by atoms with van der Waals surface area (Å²) in [4.78, 5) is 16.5. The summed E-state index contributed by atoms with van der Waals surface area (Å²) in [5.41, 5.74) is 3.14. The SMILES string of the molecule is COc1ccc(C(=O)NCCCC(C)C)c(O)c1OC.COc1ccc(OC)c(C(O)c2c(C)nc3ccccn23)c1. The van der Waals surface area contributed by atoms with Gasteiger partial charge in [-0.2, -0.15) is 0 Å². The van der Waals surface area contributed by atoms with E-state index in [2.05, 4.69) is 24.1 Å². The molecule has 4 rings (SSSR count). The fraction of sp³-hybridized carbons (Fsp3) is 0.375. The van der Waals surface area contributed by atoms with Gasteiger partial charge in [0, 0.05) is 18.3 Å². The Balaban J connectivity index is 0.000000232. The van der Waals surface area contributed by atoms with Crippen molar-refractivity contribution in [3.05, 3.63) is 77.2 Å². The first-order valence-corrected chi connectivity index (χ1v) is 13.7. The van der Waals surface area contributed by atoms with E-state index in [1.165, 1.54) is 20.3 Å². The number of rotatable bonds is 11. The molecule has 0 saturated heterocycles. The van der Waals surface area contributed by atoms with Gasteiger partial charge in [-0.1, -0.05) is 19.9 Å². The lowest BCUT2D eigenvalue weighted by Gasteiger charge is -2.16. The lowest BCUT2D eigenvalue weighted by atomic mass is 10.0. The molecule has 0 radical (unpaired) electrons. The number of hydrogen-bond acceptors (Lipinski definition) is 8. The number of pyridine rings is 1. The zero-order chi connectivity index (χ0) is 30.8. The number of ether oxygens (including phenoxy) is 4. The van der Waals surface area contributed by atoms with Crippen LogP contribution >= 0.6 is 0 Å². The summed E-state index contributed by atoms with van der Waals surface area (Å²) in [7, 11) is 6.07. The minimum absolute atomic E-state index is 0.169. The van der Waals surface area contributed by atoms with Crippen molar-refractivity contribution in [2.75, 3.05) is 35.0 Å². The van der Waals surface area contributed by atoms with Crippen LogP contribution < -0.4 is 24.3 Å². The van der Waals surface area contributed by atoms with Crippen molar-refractivity contribution in [1.29, 1.82) is 0 Å². The van der Waals surface area contributed by atoms with Crippen molar-refractivity contribution in [2.45, 2.75) is 39.7 Å². The molecule has 1 amide bonds. The van der Waals surface area contributed by atoms with E-state index in [1.54, 1.807) is 38.5 Å². The van der Waals surface area contributed by atoms with E-state index in [1.807, 2.05) is 35.7 Å². The van der Waals surface area contributed by atoms with Crippen molar-refractivity contribution < 1.29 is 34.0 Å². The van der Waals surface area contributed by atoms with E-state index < -0.39 is 6.10 Å². The largest absolute Gasteiger partial charge is 0.504 e. The maximum absolute atomic E-state index is 12.0. The van der Waals surface area contributed by atoms with E-state index in [4.69, 9.17) is 18.9 Å². The quantitative estimate of drug-likeness (QED) is 0.204. The smallest absolute Gasteiger partial charge is 0.255 e. The van der Waals surface area contributed by atoms with Gasteiger partial charge < -0.3 is 38.9 Å². The molecule has 1 unspecified atom stereocenters. The van der Waals surface area contributed by atoms with Crippen LogP contribution in [-0.4, -0.2) is 60.5 Å². The van der Waals surface area contributed by atoms with Crippen LogP contribution in [0.5, 0.6) is 28.7 Å². The Labute approximate surface area is 246 Å². The minimum atomic E-state index is -0.859. The van der Waals surface area contributed by atoms with Gasteiger partial charge in [0.05, 0.1) is 45.4 Å². The molecule has 4 aromatic rings. The van der Waals surface area contributed by atoms with Crippen LogP contribution in [0.15, 0.2) is 54.7 Å². The molecule has 0 fully saturated rings. The number of phenols is 1. The lowest BCUT2D eigenvalue weighted by molar-refractivity contribution is 0.0949. The molecule has 0 bridgehead atoms. The fourth-order valence-electron chi connectivity index (χ4n) is 4.56. The summed E-state index contributed by atoms with van der Waals surface area (Å²) in [5.74, 6) is 1.94. The summed E-state index contributed by atoms with van der Waals surface area (Å²) in [6.45, 7) is 6.76. The van der Waals surface area contributed by atoms with E-state index >= 15 is 0 Å². The first kappa shape index (κ1) is 32.1. The minimum Gasteiger partial charge on any atom is -0.504 e. The van der Waals surface area contributed by atoms with Gasteiger partial charge in [-0.3, -0.25) is 4.79 Å². The van der Waals surface area contributed by atoms with Gasteiger partial charge in [0.25, 0.3) is 5.91 Å². The van der Waals surface area contributed by atoms with Crippen LogP contribution in [0, 0.1) is 12.8 Å². The average molecular weight is 580 g/mol. The summed E-state index contributed by atoms with van der Waals surface area (Å²) in [5, 5.41) is 23.7. The molecule has 0 spiro atoms. The molecule has 3 N–H and O–H groups in total. The predicted octanol–water partition coefficient (Wildman–Crippen LogP) is 5.32. The number of carbonyl (C=O) groups excluding carboxylic acids is 1. The van der Waals surface area contributed by atoms with Crippen LogP contribution in [0.1, 0.15) is 60.1 Å². The van der Waals surface area contributed by atoms with Gasteiger partial charge in [0.2, 0.25) is 5.75 Å². The third kappa shape index (κ3) is 7.44. The van der Waals surface area contributed by atoms with Crippen LogP contribution in [0.25, 0.3) is 5.65 Å². The van der Waals surface area contributed by atoms with Crippen LogP contribution in [0.4, 0.5) is 0 Å². The predicted molar refractivity (Wildman–Crippen MR) is 161 cm³/mol. The number of methoxy groups -OCH3 is 4. The lowest BCUT2D eigenvalue weighted by Crippen LogP contribution is -2.24. The van der Waals surface area contributed by atoms with Crippen LogP contribution in [0.2, 0.25) is 0 Å². The Kier molecular flexibility index (Phi) is 11.4. The number of amides is 1. The molecule has 226 valence electrons. The number of benzene rings is 2. The monoisotopic (exact) mass is 579 g/mol. The molecule has 0 saturated carbocycles. The number of hydrogen-bond donors (Lipinski definition) is 3. The highest BCUT2D eigenvalue weighted by Crippen LogP contribution is 2.39. The van der Waals surface area contributed by atoms with E-state index in [0.717, 1.165) is 29.9 Å². The van der Waals surface area contributed by atoms with Crippen molar-refractivity contribution in [2.24, 2.45) is 5.92 Å². The van der Waals surface area contributed by atoms with Crippen LogP contribution in [0.3, 0.4) is 0 Å². The number of aryl methyl sites for hydroxylation is 1. The number of nitrogens with zero attached hydrogens (tertiary/aromatic N) is 2. The number of carbonyl (C=O) groups is 1. The Hall–Kier alpha value is -4.44. The number of aromatic hydroxyl groups is 1. The molecule has 0 aliphatic heterocycles. The van der Waals surface area contributed by atoms with Crippen molar-refractivity contribution in [3.8, 4) is 28.7 Å². The van der Waals surface area contributed by atoms with Crippen LogP contribution in [-0.2, 0) is 0 Å². The Morgan fingerprint density at radius 2 is 1.69 bits per heavy atom. The number of aromatic nitrogens is 2. The van der Waals surface area contributed by atoms with Gasteiger partial charge in [-0.25, -0.2) is 4.98 Å². The zero-order valence-corrected chi connectivity index (χ0v) is 25.3. The number of phenolic OH excluding ortho intramolecular Hbond substituents is 1. The third-order valence-corrected chi connectivity index (χ3v) is 6.75. The zero-order valence-electron chi connectivity index (χ0n) is 25.3. The van der Waals surface area contributed by atoms with Gasteiger partial charge in [0.1, 0.15) is 23.3 Å². The van der Waals surface area contributed by atoms with Gasteiger partial charge >= 0.3 is 0 Å². The van der Waals surface area contributed by atoms with Crippen molar-refractivity contribution >= 4 is 11.6 Å². The number of fused-ring (bicyclic) bond motifs is 1. The molecule has 42 heavy (non-hydrogen) atoms. The van der Waals surface area contributed by atoms with E-state index in [9.17, 15) is 15.0 Å². The molecule has 10 heteroatoms. The molecule has 0 aliphatic rings.